The minimum atomic E-state index is -4.57. The molecule has 2 rings (SSSR count). The SMILES string of the molecule is CC1(C)CC(=O)C(C=Nc2cc(C(F)(F)F)ccc2O)=C(O)C1. The standard InChI is InChI=1S/C16H16F3NO3/c1-15(2)6-13(22)10(14(23)7-15)8-20-11-5-9(16(17,18)19)3-4-12(11)21/h3-5,8,21-22H,6-7H2,1-2H3. The van der Waals surface area contributed by atoms with Gasteiger partial charge in [0.05, 0.1) is 11.1 Å². The molecule has 0 saturated carbocycles. The van der Waals surface area contributed by atoms with Gasteiger partial charge in [0.1, 0.15) is 17.2 Å². The van der Waals surface area contributed by atoms with Crippen LogP contribution in [0.5, 0.6) is 5.75 Å². The molecule has 1 aliphatic carbocycles. The van der Waals surface area contributed by atoms with Crippen molar-refractivity contribution < 1.29 is 28.2 Å². The molecular formula is C16H16F3NO3. The molecule has 0 bridgehead atoms. The largest absolute Gasteiger partial charge is 0.511 e. The van der Waals surface area contributed by atoms with Gasteiger partial charge in [0, 0.05) is 19.1 Å². The van der Waals surface area contributed by atoms with Gasteiger partial charge in [-0.25, -0.2) is 0 Å². The molecule has 0 radical (unpaired) electrons. The summed E-state index contributed by atoms with van der Waals surface area (Å²) in [5, 5.41) is 19.5. The van der Waals surface area contributed by atoms with Crippen molar-refractivity contribution in [2.45, 2.75) is 32.9 Å². The van der Waals surface area contributed by atoms with Crippen LogP contribution in [-0.4, -0.2) is 22.2 Å². The van der Waals surface area contributed by atoms with E-state index in [1.165, 1.54) is 0 Å². The van der Waals surface area contributed by atoms with Gasteiger partial charge in [0.15, 0.2) is 5.78 Å². The molecule has 7 heteroatoms. The molecule has 4 nitrogen and oxygen atoms in total. The Kier molecular flexibility index (Phi) is 4.24. The third-order valence-electron chi connectivity index (χ3n) is 3.53. The Labute approximate surface area is 131 Å². The number of hydrogen-bond donors (Lipinski definition) is 2. The number of benzene rings is 1. The summed E-state index contributed by atoms with van der Waals surface area (Å²) in [4.78, 5) is 15.7. The molecule has 23 heavy (non-hydrogen) atoms. The molecule has 0 aliphatic heterocycles. The van der Waals surface area contributed by atoms with Gasteiger partial charge in [-0.15, -0.1) is 0 Å². The van der Waals surface area contributed by atoms with Gasteiger partial charge in [0.25, 0.3) is 0 Å². The first-order chi connectivity index (χ1) is 10.5. The summed E-state index contributed by atoms with van der Waals surface area (Å²) in [7, 11) is 0. The van der Waals surface area contributed by atoms with Crippen LogP contribution in [-0.2, 0) is 11.0 Å². The van der Waals surface area contributed by atoms with E-state index in [-0.39, 0.29) is 41.1 Å². The number of aliphatic hydroxyl groups is 1. The van der Waals surface area contributed by atoms with Crippen LogP contribution in [0.2, 0.25) is 0 Å². The van der Waals surface area contributed by atoms with E-state index in [0.717, 1.165) is 18.3 Å². The van der Waals surface area contributed by atoms with E-state index in [2.05, 4.69) is 4.99 Å². The number of aliphatic imine (C=N–C) groups is 1. The van der Waals surface area contributed by atoms with Gasteiger partial charge in [-0.3, -0.25) is 9.79 Å². The number of allylic oxidation sites excluding steroid dienone is 2. The van der Waals surface area contributed by atoms with Crippen LogP contribution in [0.1, 0.15) is 32.3 Å². The predicted molar refractivity (Wildman–Crippen MR) is 78.9 cm³/mol. The Morgan fingerprint density at radius 2 is 1.87 bits per heavy atom. The summed E-state index contributed by atoms with van der Waals surface area (Å²) < 4.78 is 38.0. The number of carbonyl (C=O) groups is 1. The van der Waals surface area contributed by atoms with Crippen molar-refractivity contribution in [1.82, 2.24) is 0 Å². The van der Waals surface area contributed by atoms with E-state index < -0.39 is 17.5 Å². The Morgan fingerprint density at radius 1 is 1.22 bits per heavy atom. The average molecular weight is 327 g/mol. The van der Waals surface area contributed by atoms with E-state index >= 15 is 0 Å². The lowest BCUT2D eigenvalue weighted by Gasteiger charge is -2.28. The molecule has 0 unspecified atom stereocenters. The van der Waals surface area contributed by atoms with Gasteiger partial charge in [0.2, 0.25) is 0 Å². The molecule has 0 saturated heterocycles. The fraction of sp³-hybridized carbons (Fsp3) is 0.375. The highest BCUT2D eigenvalue weighted by Crippen LogP contribution is 2.37. The molecule has 0 atom stereocenters. The number of phenols is 1. The molecule has 1 aliphatic rings. The van der Waals surface area contributed by atoms with Gasteiger partial charge in [-0.1, -0.05) is 13.8 Å². The Balaban J connectivity index is 2.35. The highest BCUT2D eigenvalue weighted by atomic mass is 19.4. The molecule has 0 fully saturated rings. The van der Waals surface area contributed by atoms with Crippen molar-refractivity contribution in [2.75, 3.05) is 0 Å². The first-order valence-corrected chi connectivity index (χ1v) is 6.89. The van der Waals surface area contributed by atoms with Crippen LogP contribution in [0, 0.1) is 5.41 Å². The molecule has 0 aromatic heterocycles. The van der Waals surface area contributed by atoms with E-state index in [1.54, 1.807) is 0 Å². The maximum atomic E-state index is 12.7. The summed E-state index contributed by atoms with van der Waals surface area (Å²) in [5.41, 5.74) is -1.70. The summed E-state index contributed by atoms with van der Waals surface area (Å²) in [5.74, 6) is -0.937. The number of halogens is 3. The van der Waals surface area contributed by atoms with Crippen molar-refractivity contribution in [1.29, 1.82) is 0 Å². The zero-order valence-electron chi connectivity index (χ0n) is 12.6. The number of phenolic OH excluding ortho intramolecular Hbond substituents is 1. The monoisotopic (exact) mass is 327 g/mol. The van der Waals surface area contributed by atoms with E-state index in [0.29, 0.717) is 6.07 Å². The lowest BCUT2D eigenvalue weighted by Crippen LogP contribution is -2.26. The zero-order chi connectivity index (χ0) is 17.4. The number of rotatable bonds is 2. The Bertz CT molecular complexity index is 703. The number of Topliss-reactive ketones (excluding diaryl/α,β-unsaturated/α-hetero) is 1. The van der Waals surface area contributed by atoms with Gasteiger partial charge < -0.3 is 10.2 Å². The minimum Gasteiger partial charge on any atom is -0.511 e. The average Bonchev–Trinajstić information content (AvgIpc) is 2.36. The Morgan fingerprint density at radius 3 is 2.43 bits per heavy atom. The second-order valence-electron chi connectivity index (χ2n) is 6.26. The third kappa shape index (κ3) is 3.91. The lowest BCUT2D eigenvalue weighted by molar-refractivity contribution is -0.137. The molecule has 1 aromatic rings. The van der Waals surface area contributed by atoms with Crippen LogP contribution in [0.25, 0.3) is 0 Å². The van der Waals surface area contributed by atoms with Crippen LogP contribution in [0.4, 0.5) is 18.9 Å². The maximum absolute atomic E-state index is 12.7. The number of carbonyl (C=O) groups excluding carboxylic acids is 1. The van der Waals surface area contributed by atoms with E-state index in [4.69, 9.17) is 0 Å². The summed E-state index contributed by atoms with van der Waals surface area (Å²) >= 11 is 0. The van der Waals surface area contributed by atoms with Crippen molar-refractivity contribution in [3.05, 3.63) is 35.1 Å². The highest BCUT2D eigenvalue weighted by Gasteiger charge is 2.33. The van der Waals surface area contributed by atoms with Crippen LogP contribution < -0.4 is 0 Å². The van der Waals surface area contributed by atoms with Gasteiger partial charge in [-0.2, -0.15) is 13.2 Å². The topological polar surface area (TPSA) is 69.9 Å². The number of ketones is 1. The summed E-state index contributed by atoms with van der Waals surface area (Å²) in [6.45, 7) is 3.65. The molecular weight excluding hydrogens is 311 g/mol. The smallest absolute Gasteiger partial charge is 0.416 e. The van der Waals surface area contributed by atoms with Gasteiger partial charge in [-0.05, 0) is 23.6 Å². The van der Waals surface area contributed by atoms with Crippen molar-refractivity contribution >= 4 is 17.7 Å². The van der Waals surface area contributed by atoms with Crippen LogP contribution >= 0.6 is 0 Å². The fourth-order valence-corrected chi connectivity index (χ4v) is 2.39. The lowest BCUT2D eigenvalue weighted by atomic mass is 9.77. The number of nitrogens with zero attached hydrogens (tertiary/aromatic N) is 1. The number of aromatic hydroxyl groups is 1. The van der Waals surface area contributed by atoms with Crippen LogP contribution in [0.3, 0.4) is 0 Å². The summed E-state index contributed by atoms with van der Waals surface area (Å²) in [6, 6.07) is 2.30. The minimum absolute atomic E-state index is 0.0406. The molecule has 0 spiro atoms. The second-order valence-corrected chi connectivity index (χ2v) is 6.26. The first kappa shape index (κ1) is 17.1. The maximum Gasteiger partial charge on any atom is 0.416 e. The number of aliphatic hydroxyl groups excluding tert-OH is 1. The van der Waals surface area contributed by atoms with Crippen LogP contribution in [0.15, 0.2) is 34.5 Å². The van der Waals surface area contributed by atoms with Gasteiger partial charge >= 0.3 is 6.18 Å². The molecule has 0 heterocycles. The fourth-order valence-electron chi connectivity index (χ4n) is 2.39. The molecule has 124 valence electrons. The first-order valence-electron chi connectivity index (χ1n) is 6.89. The van der Waals surface area contributed by atoms with E-state index in [9.17, 15) is 28.2 Å². The molecule has 1 aromatic carbocycles. The second kappa shape index (κ2) is 5.72. The highest BCUT2D eigenvalue weighted by molar-refractivity contribution is 6.15. The number of hydrogen-bond acceptors (Lipinski definition) is 4. The normalized spacial score (nSPS) is 18.7. The quantitative estimate of drug-likeness (QED) is 0.795. The van der Waals surface area contributed by atoms with Crippen molar-refractivity contribution in [2.24, 2.45) is 10.4 Å². The molecule has 2 N–H and O–H groups in total. The third-order valence-corrected chi connectivity index (χ3v) is 3.53. The van der Waals surface area contributed by atoms with Crippen molar-refractivity contribution in [3.63, 3.8) is 0 Å². The predicted octanol–water partition coefficient (Wildman–Crippen LogP) is 4.31. The summed E-state index contributed by atoms with van der Waals surface area (Å²) in [6.07, 6.45) is -3.09. The number of alkyl halides is 3. The van der Waals surface area contributed by atoms with Crippen molar-refractivity contribution in [3.8, 4) is 5.75 Å². The Hall–Kier alpha value is -2.31. The molecule has 0 amide bonds. The van der Waals surface area contributed by atoms with E-state index in [1.807, 2.05) is 13.8 Å². The zero-order valence-corrected chi connectivity index (χ0v) is 12.6.